The normalized spacial score (nSPS) is 43.0. The zero-order valence-electron chi connectivity index (χ0n) is 7.63. The number of hydrogen-bond donors (Lipinski definition) is 1. The Balaban J connectivity index is 1.79. The van der Waals surface area contributed by atoms with E-state index in [-0.39, 0.29) is 0 Å². The first-order valence-corrected chi connectivity index (χ1v) is 5.43. The second-order valence-corrected chi connectivity index (χ2v) is 4.56. The Morgan fingerprint density at radius 1 is 0.833 bits per heavy atom. The molecule has 3 rings (SSSR count). The second kappa shape index (κ2) is 2.71. The van der Waals surface area contributed by atoms with E-state index >= 15 is 0 Å². The predicted octanol–water partition coefficient (Wildman–Crippen LogP) is 0.975. The number of nitrogens with zero attached hydrogens (tertiary/aromatic N) is 1. The van der Waals surface area contributed by atoms with E-state index in [9.17, 15) is 0 Å². The Hall–Kier alpha value is -0.0800. The molecule has 2 saturated heterocycles. The molecule has 3 aliphatic rings. The second-order valence-electron chi connectivity index (χ2n) is 4.56. The zero-order chi connectivity index (χ0) is 7.97. The van der Waals surface area contributed by atoms with Gasteiger partial charge in [0.25, 0.3) is 0 Å². The lowest BCUT2D eigenvalue weighted by atomic mass is 10.1. The molecule has 12 heavy (non-hydrogen) atoms. The molecule has 1 aliphatic carbocycles. The quantitative estimate of drug-likeness (QED) is 0.624. The van der Waals surface area contributed by atoms with Gasteiger partial charge in [0.2, 0.25) is 0 Å². The molecular weight excluding hydrogens is 148 g/mol. The van der Waals surface area contributed by atoms with Crippen LogP contribution in [0.25, 0.3) is 0 Å². The minimum absolute atomic E-state index is 0.894. The van der Waals surface area contributed by atoms with Crippen LogP contribution in [0.1, 0.15) is 32.1 Å². The molecule has 2 heterocycles. The van der Waals surface area contributed by atoms with Crippen molar-refractivity contribution in [1.82, 2.24) is 10.2 Å². The van der Waals surface area contributed by atoms with Gasteiger partial charge in [0.05, 0.1) is 0 Å². The fourth-order valence-electron chi connectivity index (χ4n) is 2.99. The van der Waals surface area contributed by atoms with Gasteiger partial charge in [-0.25, -0.2) is 0 Å². The van der Waals surface area contributed by atoms with Gasteiger partial charge in [-0.3, -0.25) is 4.90 Å². The lowest BCUT2D eigenvalue weighted by Gasteiger charge is -2.27. The number of fused-ring (bicyclic) bond motifs is 2. The Labute approximate surface area is 74.3 Å². The predicted molar refractivity (Wildman–Crippen MR) is 49.2 cm³/mol. The molecule has 0 aromatic carbocycles. The first kappa shape index (κ1) is 7.34. The van der Waals surface area contributed by atoms with Crippen molar-refractivity contribution in [3.05, 3.63) is 0 Å². The molecule has 2 atom stereocenters. The van der Waals surface area contributed by atoms with E-state index in [0.29, 0.717) is 0 Å². The average molecular weight is 166 g/mol. The third-order valence-electron chi connectivity index (χ3n) is 3.68. The van der Waals surface area contributed by atoms with Crippen LogP contribution >= 0.6 is 0 Å². The molecule has 1 saturated carbocycles. The smallest absolute Gasteiger partial charge is 0.0227 e. The molecule has 2 aliphatic heterocycles. The Kier molecular flexibility index (Phi) is 1.66. The summed E-state index contributed by atoms with van der Waals surface area (Å²) < 4.78 is 0. The van der Waals surface area contributed by atoms with Crippen LogP contribution in [-0.2, 0) is 0 Å². The van der Waals surface area contributed by atoms with Crippen LogP contribution in [0, 0.1) is 0 Å². The van der Waals surface area contributed by atoms with Crippen molar-refractivity contribution in [3.8, 4) is 0 Å². The Morgan fingerprint density at radius 3 is 2.33 bits per heavy atom. The summed E-state index contributed by atoms with van der Waals surface area (Å²) in [6, 6.07) is 2.82. The average Bonchev–Trinajstić information content (AvgIpc) is 2.78. The fourth-order valence-corrected chi connectivity index (χ4v) is 2.99. The van der Waals surface area contributed by atoms with E-state index in [0.717, 1.165) is 18.1 Å². The largest absolute Gasteiger partial charge is 0.315 e. The molecule has 0 aromatic rings. The van der Waals surface area contributed by atoms with Crippen LogP contribution in [0.4, 0.5) is 0 Å². The molecular formula is C10H18N2. The van der Waals surface area contributed by atoms with Gasteiger partial charge in [-0.15, -0.1) is 0 Å². The summed E-state index contributed by atoms with van der Waals surface area (Å²) in [5.41, 5.74) is 0. The molecule has 0 unspecified atom stereocenters. The van der Waals surface area contributed by atoms with Crippen molar-refractivity contribution in [2.75, 3.05) is 13.1 Å². The maximum atomic E-state index is 3.55. The highest BCUT2D eigenvalue weighted by molar-refractivity contribution is 4.99. The molecule has 1 N–H and O–H groups in total. The van der Waals surface area contributed by atoms with E-state index in [1.54, 1.807) is 0 Å². The fraction of sp³-hybridized carbons (Fsp3) is 1.00. The van der Waals surface area contributed by atoms with Crippen molar-refractivity contribution < 1.29 is 0 Å². The Bertz CT molecular complexity index is 163. The molecule has 0 aromatic heterocycles. The van der Waals surface area contributed by atoms with Gasteiger partial charge in [0, 0.05) is 24.7 Å². The van der Waals surface area contributed by atoms with Crippen molar-refractivity contribution in [3.63, 3.8) is 0 Å². The first-order chi connectivity index (χ1) is 5.95. The minimum atomic E-state index is 0.894. The SMILES string of the molecule is C1C[C@@H]2CC[C@H](CN1)N2C1CC1. The summed E-state index contributed by atoms with van der Waals surface area (Å²) >= 11 is 0. The maximum Gasteiger partial charge on any atom is 0.0227 e. The van der Waals surface area contributed by atoms with Crippen LogP contribution < -0.4 is 5.32 Å². The maximum absolute atomic E-state index is 3.55. The van der Waals surface area contributed by atoms with Crippen LogP contribution in [0.5, 0.6) is 0 Å². The highest BCUT2D eigenvalue weighted by Crippen LogP contribution is 2.38. The highest BCUT2D eigenvalue weighted by atomic mass is 15.3. The van der Waals surface area contributed by atoms with Gasteiger partial charge in [-0.05, 0) is 38.6 Å². The van der Waals surface area contributed by atoms with Crippen LogP contribution in [0.2, 0.25) is 0 Å². The van der Waals surface area contributed by atoms with Gasteiger partial charge in [0.15, 0.2) is 0 Å². The van der Waals surface area contributed by atoms with Gasteiger partial charge in [-0.1, -0.05) is 0 Å². The van der Waals surface area contributed by atoms with Crippen molar-refractivity contribution >= 4 is 0 Å². The molecule has 0 spiro atoms. The molecule has 2 bridgehead atoms. The number of rotatable bonds is 1. The van der Waals surface area contributed by atoms with E-state index < -0.39 is 0 Å². The summed E-state index contributed by atoms with van der Waals surface area (Å²) in [6.45, 7) is 2.51. The van der Waals surface area contributed by atoms with Crippen molar-refractivity contribution in [2.24, 2.45) is 0 Å². The van der Waals surface area contributed by atoms with Crippen LogP contribution in [0.3, 0.4) is 0 Å². The van der Waals surface area contributed by atoms with Crippen LogP contribution in [0.15, 0.2) is 0 Å². The van der Waals surface area contributed by atoms with Gasteiger partial charge in [0.1, 0.15) is 0 Å². The van der Waals surface area contributed by atoms with Crippen molar-refractivity contribution in [2.45, 2.75) is 50.2 Å². The molecule has 2 nitrogen and oxygen atoms in total. The highest BCUT2D eigenvalue weighted by Gasteiger charge is 2.42. The first-order valence-electron chi connectivity index (χ1n) is 5.43. The lowest BCUT2D eigenvalue weighted by molar-refractivity contribution is 0.192. The minimum Gasteiger partial charge on any atom is -0.315 e. The van der Waals surface area contributed by atoms with Crippen molar-refractivity contribution in [1.29, 1.82) is 0 Å². The van der Waals surface area contributed by atoms with E-state index in [2.05, 4.69) is 10.2 Å². The van der Waals surface area contributed by atoms with E-state index in [1.807, 2.05) is 0 Å². The summed E-state index contributed by atoms with van der Waals surface area (Å²) in [6.07, 6.45) is 7.28. The molecule has 0 amide bonds. The van der Waals surface area contributed by atoms with Gasteiger partial charge in [-0.2, -0.15) is 0 Å². The molecule has 2 heteroatoms. The molecule has 68 valence electrons. The van der Waals surface area contributed by atoms with E-state index in [1.165, 1.54) is 45.2 Å². The summed E-state index contributed by atoms with van der Waals surface area (Å²) in [5.74, 6) is 0. The van der Waals surface area contributed by atoms with E-state index in [4.69, 9.17) is 0 Å². The van der Waals surface area contributed by atoms with Gasteiger partial charge < -0.3 is 5.32 Å². The Morgan fingerprint density at radius 2 is 1.50 bits per heavy atom. The molecule has 0 radical (unpaired) electrons. The molecule has 3 fully saturated rings. The summed E-state index contributed by atoms with van der Waals surface area (Å²) in [4.78, 5) is 2.83. The lowest BCUT2D eigenvalue weighted by Crippen LogP contribution is -2.39. The van der Waals surface area contributed by atoms with Gasteiger partial charge >= 0.3 is 0 Å². The number of hydrogen-bond acceptors (Lipinski definition) is 2. The topological polar surface area (TPSA) is 15.3 Å². The third kappa shape index (κ3) is 1.09. The van der Waals surface area contributed by atoms with Crippen LogP contribution in [-0.4, -0.2) is 36.1 Å². The summed E-state index contributed by atoms with van der Waals surface area (Å²) in [5, 5.41) is 3.55. The summed E-state index contributed by atoms with van der Waals surface area (Å²) in [7, 11) is 0. The number of nitrogens with one attached hydrogen (secondary N) is 1. The zero-order valence-corrected chi connectivity index (χ0v) is 7.63. The standard InChI is InChI=1S/C10H18N2/c1-2-8(1)12-9-3-4-10(12)7-11-6-5-9/h8-11H,1-7H2/t9-,10+/m0/s1. The monoisotopic (exact) mass is 166 g/mol. The third-order valence-corrected chi connectivity index (χ3v) is 3.68.